The Kier molecular flexibility index (Phi) is 72.8. The molecule has 0 radical (unpaired) electrons. The molecule has 0 spiro atoms. The van der Waals surface area contributed by atoms with Crippen LogP contribution in [-0.2, 0) is 19.1 Å². The van der Waals surface area contributed by atoms with Crippen LogP contribution in [0.25, 0.3) is 0 Å². The van der Waals surface area contributed by atoms with Gasteiger partial charge in [-0.25, -0.2) is 0 Å². The number of carbonyl (C=O) groups excluding carboxylic acids is 2. The molecule has 0 aliphatic carbocycles. The zero-order valence-electron chi connectivity index (χ0n) is 49.4. The van der Waals surface area contributed by atoms with Crippen LogP contribution in [0.3, 0.4) is 0 Å². The first-order valence-corrected chi connectivity index (χ1v) is 33.3. The number of hydrogen-bond donors (Lipinski definition) is 2. The molecule has 0 aromatic carbocycles. The minimum absolute atomic E-state index is 0.0291. The summed E-state index contributed by atoms with van der Waals surface area (Å²) in [5.74, 6) is 1.22. The maximum Gasteiger partial charge on any atom is 0.305 e. The van der Waals surface area contributed by atoms with E-state index in [1.54, 1.807) is 0 Å². The first-order chi connectivity index (χ1) is 34.9. The molecule has 6 nitrogen and oxygen atoms in total. The number of alkyl halides is 1. The summed E-state index contributed by atoms with van der Waals surface area (Å²) in [6, 6.07) is 0. The molecule has 0 unspecified atom stereocenters. The van der Waals surface area contributed by atoms with Crippen LogP contribution in [0, 0.1) is 11.8 Å². The van der Waals surface area contributed by atoms with Gasteiger partial charge in [0.2, 0.25) is 0 Å². The number of esters is 2. The summed E-state index contributed by atoms with van der Waals surface area (Å²) in [6.45, 7) is 18.1. The Morgan fingerprint density at radius 2 is 0.606 bits per heavy atom. The van der Waals surface area contributed by atoms with Gasteiger partial charge in [0.25, 0.3) is 0 Å². The molecule has 0 bridgehead atoms. The molecule has 0 amide bonds. The minimum Gasteiger partial charge on any atom is -0.465 e. The number of nitrogens with one attached hydrogen (secondary N) is 1. The quantitative estimate of drug-likeness (QED) is 0.0358. The SMILES string of the molecule is CCCCCCC(CCCCCC)COC(=O)CCCCCCCCCBr.CCCCCCCCN.CCCCCCCCNCCCCCCCCCC(=O)OCC(CCCCCC)CCCCCC. The van der Waals surface area contributed by atoms with Gasteiger partial charge in [-0.3, -0.25) is 9.59 Å². The molecule has 0 atom stereocenters. The maximum absolute atomic E-state index is 12.2. The van der Waals surface area contributed by atoms with Crippen LogP contribution in [-0.4, -0.2) is 50.1 Å². The lowest BCUT2D eigenvalue weighted by Crippen LogP contribution is -2.16. The van der Waals surface area contributed by atoms with Crippen LogP contribution >= 0.6 is 15.9 Å². The molecule has 0 heterocycles. The molecule has 3 N–H and O–H groups in total. The summed E-state index contributed by atoms with van der Waals surface area (Å²) in [6.07, 6.45) is 60.8. The molecule has 0 aromatic rings. The molecular weight excluding hydrogens is 941 g/mol. The molecule has 7 heteroatoms. The van der Waals surface area contributed by atoms with Crippen LogP contribution in [0.2, 0.25) is 0 Å². The zero-order valence-corrected chi connectivity index (χ0v) is 51.0. The van der Waals surface area contributed by atoms with Gasteiger partial charge in [0.1, 0.15) is 0 Å². The molecular formula is C64H131BrN2O4. The van der Waals surface area contributed by atoms with Crippen LogP contribution in [0.5, 0.6) is 0 Å². The highest BCUT2D eigenvalue weighted by molar-refractivity contribution is 9.09. The lowest BCUT2D eigenvalue weighted by molar-refractivity contribution is -0.146. The van der Waals surface area contributed by atoms with Gasteiger partial charge >= 0.3 is 11.9 Å². The van der Waals surface area contributed by atoms with Crippen molar-refractivity contribution >= 4 is 27.9 Å². The molecule has 0 aromatic heterocycles. The van der Waals surface area contributed by atoms with E-state index in [0.717, 1.165) is 24.7 Å². The van der Waals surface area contributed by atoms with E-state index in [4.69, 9.17) is 15.2 Å². The van der Waals surface area contributed by atoms with Crippen molar-refractivity contribution in [3.05, 3.63) is 0 Å². The number of halogens is 1. The first kappa shape index (κ1) is 74.6. The van der Waals surface area contributed by atoms with Crippen LogP contribution in [0.15, 0.2) is 0 Å². The van der Waals surface area contributed by atoms with Gasteiger partial charge in [0.15, 0.2) is 0 Å². The fourth-order valence-electron chi connectivity index (χ4n) is 9.36. The van der Waals surface area contributed by atoms with Gasteiger partial charge in [0.05, 0.1) is 13.2 Å². The van der Waals surface area contributed by atoms with E-state index in [1.807, 2.05) is 0 Å². The Hall–Kier alpha value is -0.660. The molecule has 71 heavy (non-hydrogen) atoms. The first-order valence-electron chi connectivity index (χ1n) is 32.2. The molecule has 428 valence electrons. The van der Waals surface area contributed by atoms with Crippen molar-refractivity contribution in [3.8, 4) is 0 Å². The molecule has 0 saturated carbocycles. The number of carbonyl (C=O) groups is 2. The van der Waals surface area contributed by atoms with E-state index in [2.05, 4.69) is 62.8 Å². The van der Waals surface area contributed by atoms with Gasteiger partial charge in [-0.15, -0.1) is 0 Å². The normalized spacial score (nSPS) is 11.2. The van der Waals surface area contributed by atoms with Gasteiger partial charge in [-0.2, -0.15) is 0 Å². The Labute approximate surface area is 455 Å². The van der Waals surface area contributed by atoms with E-state index in [0.29, 0.717) is 37.9 Å². The monoisotopic (exact) mass is 1070 g/mol. The van der Waals surface area contributed by atoms with Crippen molar-refractivity contribution in [2.45, 2.75) is 350 Å². The maximum atomic E-state index is 12.2. The fourth-order valence-corrected chi connectivity index (χ4v) is 9.75. The summed E-state index contributed by atoms with van der Waals surface area (Å²) in [7, 11) is 0. The van der Waals surface area contributed by atoms with Crippen molar-refractivity contribution in [3.63, 3.8) is 0 Å². The van der Waals surface area contributed by atoms with Gasteiger partial charge in [-0.05, 0) is 95.7 Å². The molecule has 0 rings (SSSR count). The Balaban J connectivity index is -0.00000113. The van der Waals surface area contributed by atoms with Crippen molar-refractivity contribution in [2.75, 3.05) is 38.2 Å². The Morgan fingerprint density at radius 3 is 0.901 bits per heavy atom. The topological polar surface area (TPSA) is 90.6 Å². The molecule has 0 fully saturated rings. The average molecular weight is 1070 g/mol. The third-order valence-electron chi connectivity index (χ3n) is 14.3. The lowest BCUT2D eigenvalue weighted by atomic mass is 9.95. The number of ether oxygens (including phenoxy) is 2. The average Bonchev–Trinajstić information content (AvgIpc) is 3.38. The molecule has 0 aliphatic heterocycles. The fraction of sp³-hybridized carbons (Fsp3) is 0.969. The highest BCUT2D eigenvalue weighted by Crippen LogP contribution is 2.21. The van der Waals surface area contributed by atoms with E-state index in [1.165, 1.54) is 296 Å². The standard InChI is InChI=1S/C32H65NO2.C24H47BrO2.C8H19N/c1-4-7-10-13-18-23-28-33-29-24-19-16-14-15-17-22-27-32(34)35-30-31(25-20-11-8-5-2)26-21-12-9-6-3;1-3-5-7-14-18-23(19-15-8-6-4-2)22-27-24(26)20-16-12-10-9-11-13-17-21-25;1-2-3-4-5-6-7-8-9/h31,33H,4-30H2,1-3H3;23H,3-22H2,1-2H3;2-9H2,1H3. The summed E-state index contributed by atoms with van der Waals surface area (Å²) >= 11 is 3.47. The third-order valence-corrected chi connectivity index (χ3v) is 14.9. The Bertz CT molecular complexity index is 939. The lowest BCUT2D eigenvalue weighted by Gasteiger charge is -2.17. The van der Waals surface area contributed by atoms with E-state index in [9.17, 15) is 9.59 Å². The van der Waals surface area contributed by atoms with Gasteiger partial charge in [0, 0.05) is 18.2 Å². The number of rotatable bonds is 56. The van der Waals surface area contributed by atoms with Crippen molar-refractivity contribution in [1.29, 1.82) is 0 Å². The Morgan fingerprint density at radius 1 is 0.352 bits per heavy atom. The second-order valence-electron chi connectivity index (χ2n) is 21.7. The largest absolute Gasteiger partial charge is 0.465 e. The number of nitrogens with two attached hydrogens (primary N) is 1. The molecule has 0 saturated heterocycles. The van der Waals surface area contributed by atoms with Crippen molar-refractivity contribution < 1.29 is 19.1 Å². The van der Waals surface area contributed by atoms with Crippen LogP contribution in [0.1, 0.15) is 350 Å². The highest BCUT2D eigenvalue weighted by atomic mass is 79.9. The number of hydrogen-bond acceptors (Lipinski definition) is 6. The van der Waals surface area contributed by atoms with E-state index >= 15 is 0 Å². The highest BCUT2D eigenvalue weighted by Gasteiger charge is 2.14. The summed E-state index contributed by atoms with van der Waals surface area (Å²) in [5, 5.41) is 4.72. The predicted octanol–water partition coefficient (Wildman–Crippen LogP) is 21.1. The third kappa shape index (κ3) is 69.3. The number of unbranched alkanes of at least 4 members (excludes halogenated alkanes) is 34. The smallest absolute Gasteiger partial charge is 0.305 e. The second-order valence-corrected chi connectivity index (χ2v) is 22.5. The summed E-state index contributed by atoms with van der Waals surface area (Å²) in [4.78, 5) is 24.3. The van der Waals surface area contributed by atoms with Crippen molar-refractivity contribution in [2.24, 2.45) is 17.6 Å². The van der Waals surface area contributed by atoms with Crippen molar-refractivity contribution in [1.82, 2.24) is 5.32 Å². The zero-order chi connectivity index (χ0) is 52.6. The minimum atomic E-state index is 0.0291. The predicted molar refractivity (Wildman–Crippen MR) is 320 cm³/mol. The summed E-state index contributed by atoms with van der Waals surface area (Å²) in [5.41, 5.74) is 5.34. The second kappa shape index (κ2) is 69.3. The summed E-state index contributed by atoms with van der Waals surface area (Å²) < 4.78 is 11.3. The van der Waals surface area contributed by atoms with Gasteiger partial charge in [-0.1, -0.05) is 289 Å². The van der Waals surface area contributed by atoms with E-state index < -0.39 is 0 Å². The van der Waals surface area contributed by atoms with Crippen LogP contribution in [0.4, 0.5) is 0 Å². The molecule has 0 aliphatic rings. The van der Waals surface area contributed by atoms with E-state index in [-0.39, 0.29) is 11.9 Å². The van der Waals surface area contributed by atoms with Crippen LogP contribution < -0.4 is 11.1 Å². The van der Waals surface area contributed by atoms with Gasteiger partial charge < -0.3 is 20.5 Å².